The van der Waals surface area contributed by atoms with Gasteiger partial charge in [0.1, 0.15) is 11.4 Å². The number of para-hydroxylation sites is 1. The monoisotopic (exact) mass is 355 g/mol. The van der Waals surface area contributed by atoms with E-state index in [2.05, 4.69) is 15.5 Å². The number of likely N-dealkylation sites (tertiary alicyclic amines) is 1. The van der Waals surface area contributed by atoms with Crippen LogP contribution in [0.2, 0.25) is 0 Å². The quantitative estimate of drug-likeness (QED) is 0.743. The molecule has 0 spiro atoms. The third kappa shape index (κ3) is 3.45. The Morgan fingerprint density at radius 3 is 2.85 bits per heavy atom. The van der Waals surface area contributed by atoms with Gasteiger partial charge in [0.2, 0.25) is 5.91 Å². The highest BCUT2D eigenvalue weighted by Gasteiger charge is 2.24. The Labute approximate surface area is 150 Å². The molecule has 1 aliphatic rings. The number of benzene rings is 1. The predicted molar refractivity (Wildman–Crippen MR) is 93.0 cm³/mol. The van der Waals surface area contributed by atoms with Crippen molar-refractivity contribution in [1.29, 1.82) is 0 Å². The number of aliphatic hydroxyl groups excluding tert-OH is 1. The zero-order valence-electron chi connectivity index (χ0n) is 14.4. The van der Waals surface area contributed by atoms with Crippen LogP contribution in [0.4, 0.5) is 0 Å². The van der Waals surface area contributed by atoms with Gasteiger partial charge in [-0.05, 0) is 30.9 Å². The third-order valence-electron chi connectivity index (χ3n) is 4.93. The van der Waals surface area contributed by atoms with Crippen molar-refractivity contribution in [2.45, 2.75) is 32.4 Å². The molecule has 1 aromatic carbocycles. The number of piperidine rings is 1. The summed E-state index contributed by atoms with van der Waals surface area (Å²) in [5, 5.41) is 21.9. The molecule has 26 heavy (non-hydrogen) atoms. The minimum absolute atomic E-state index is 0.0887. The van der Waals surface area contributed by atoms with E-state index in [0.29, 0.717) is 22.9 Å². The van der Waals surface area contributed by atoms with Crippen molar-refractivity contribution in [2.75, 3.05) is 13.1 Å². The summed E-state index contributed by atoms with van der Waals surface area (Å²) in [5.74, 6) is 0.547. The first-order valence-corrected chi connectivity index (χ1v) is 8.84. The van der Waals surface area contributed by atoms with E-state index >= 15 is 0 Å². The lowest BCUT2D eigenvalue weighted by Gasteiger charge is -2.31. The molecule has 0 bridgehead atoms. The van der Waals surface area contributed by atoms with Crippen molar-refractivity contribution in [3.8, 4) is 0 Å². The lowest BCUT2D eigenvalue weighted by molar-refractivity contribution is -0.132. The fourth-order valence-electron chi connectivity index (χ4n) is 3.45. The highest BCUT2D eigenvalue weighted by Crippen LogP contribution is 2.22. The number of hydrogen-bond acceptors (Lipinski definition) is 6. The van der Waals surface area contributed by atoms with Crippen molar-refractivity contribution >= 4 is 16.9 Å². The minimum atomic E-state index is -0.0936. The Morgan fingerprint density at radius 1 is 1.27 bits per heavy atom. The lowest BCUT2D eigenvalue weighted by Crippen LogP contribution is -2.40. The fraction of sp³-hybridized carbons (Fsp3) is 0.444. The maximum absolute atomic E-state index is 12.6. The Morgan fingerprint density at radius 2 is 2.08 bits per heavy atom. The molecule has 136 valence electrons. The summed E-state index contributed by atoms with van der Waals surface area (Å²) in [4.78, 5) is 14.5. The molecule has 3 heterocycles. The number of amides is 1. The zero-order valence-corrected chi connectivity index (χ0v) is 14.4. The highest BCUT2D eigenvalue weighted by molar-refractivity contribution is 5.86. The number of carbonyl (C=O) groups is 1. The summed E-state index contributed by atoms with van der Waals surface area (Å²) in [6, 6.07) is 7.60. The maximum atomic E-state index is 12.6. The molecule has 1 saturated heterocycles. The minimum Gasteiger partial charge on any atom is -0.390 e. The van der Waals surface area contributed by atoms with Crippen LogP contribution in [0.1, 0.15) is 24.2 Å². The first-order valence-electron chi connectivity index (χ1n) is 8.84. The molecule has 1 N–H and O–H groups in total. The number of rotatable bonds is 5. The van der Waals surface area contributed by atoms with E-state index < -0.39 is 0 Å². The van der Waals surface area contributed by atoms with Crippen LogP contribution in [0.25, 0.3) is 11.0 Å². The van der Waals surface area contributed by atoms with Crippen molar-refractivity contribution < 1.29 is 14.4 Å². The number of aromatic nitrogens is 4. The third-order valence-corrected chi connectivity index (χ3v) is 4.93. The number of hydrogen-bond donors (Lipinski definition) is 1. The first-order chi connectivity index (χ1) is 12.7. The van der Waals surface area contributed by atoms with Gasteiger partial charge >= 0.3 is 0 Å². The number of carbonyl (C=O) groups excluding carboxylic acids is 1. The summed E-state index contributed by atoms with van der Waals surface area (Å²) in [6.45, 7) is 2.15. The van der Waals surface area contributed by atoms with E-state index in [1.807, 2.05) is 29.2 Å². The van der Waals surface area contributed by atoms with Crippen molar-refractivity contribution in [3.05, 3.63) is 41.9 Å². The van der Waals surface area contributed by atoms with Crippen molar-refractivity contribution in [1.82, 2.24) is 25.1 Å². The molecule has 1 fully saturated rings. The van der Waals surface area contributed by atoms with E-state index in [9.17, 15) is 4.79 Å². The Hall–Kier alpha value is -2.74. The molecular formula is C18H21N5O3. The summed E-state index contributed by atoms with van der Waals surface area (Å²) in [5.41, 5.74) is 1.99. The molecule has 4 rings (SSSR count). The second-order valence-electron chi connectivity index (χ2n) is 6.72. The second kappa shape index (κ2) is 7.25. The molecule has 3 aromatic rings. The average Bonchev–Trinajstić information content (AvgIpc) is 3.29. The average molecular weight is 355 g/mol. The van der Waals surface area contributed by atoms with Crippen LogP contribution < -0.4 is 0 Å². The van der Waals surface area contributed by atoms with Gasteiger partial charge in [0.05, 0.1) is 19.2 Å². The standard InChI is InChI=1S/C18H21N5O3/c24-12-14-11-23(21-19-14)10-13-5-7-22(8-6-13)18(25)9-16-15-3-1-2-4-17(15)26-20-16/h1-4,11,13,24H,5-10,12H2. The largest absolute Gasteiger partial charge is 0.390 e. The van der Waals surface area contributed by atoms with Crippen LogP contribution in [0.15, 0.2) is 35.0 Å². The lowest BCUT2D eigenvalue weighted by atomic mass is 9.96. The van der Waals surface area contributed by atoms with Crippen LogP contribution in [0, 0.1) is 5.92 Å². The normalized spacial score (nSPS) is 15.7. The molecule has 2 aromatic heterocycles. The number of aliphatic hydroxyl groups is 1. The summed E-state index contributed by atoms with van der Waals surface area (Å²) in [7, 11) is 0. The molecule has 8 heteroatoms. The molecule has 8 nitrogen and oxygen atoms in total. The molecule has 0 atom stereocenters. The Kier molecular flexibility index (Phi) is 4.66. The molecular weight excluding hydrogens is 334 g/mol. The van der Waals surface area contributed by atoms with E-state index in [0.717, 1.165) is 37.9 Å². The molecule has 0 saturated carbocycles. The van der Waals surface area contributed by atoms with E-state index in [4.69, 9.17) is 9.63 Å². The topological polar surface area (TPSA) is 97.3 Å². The van der Waals surface area contributed by atoms with Gasteiger partial charge in [-0.15, -0.1) is 5.10 Å². The SMILES string of the molecule is O=C(Cc1noc2ccccc12)N1CCC(Cn2cc(CO)nn2)CC1. The second-order valence-corrected chi connectivity index (χ2v) is 6.72. The zero-order chi connectivity index (χ0) is 17.9. The van der Waals surface area contributed by atoms with Gasteiger partial charge in [-0.2, -0.15) is 0 Å². The number of fused-ring (bicyclic) bond motifs is 1. The van der Waals surface area contributed by atoms with Gasteiger partial charge in [-0.3, -0.25) is 9.48 Å². The maximum Gasteiger partial charge on any atom is 0.228 e. The van der Waals surface area contributed by atoms with Crippen molar-refractivity contribution in [2.24, 2.45) is 5.92 Å². The summed E-state index contributed by atoms with van der Waals surface area (Å²) >= 11 is 0. The Balaban J connectivity index is 1.32. The Bertz CT molecular complexity index is 895. The number of nitrogens with zero attached hydrogens (tertiary/aromatic N) is 5. The molecule has 1 amide bonds. The highest BCUT2D eigenvalue weighted by atomic mass is 16.5. The van der Waals surface area contributed by atoms with E-state index in [-0.39, 0.29) is 18.9 Å². The van der Waals surface area contributed by atoms with Gasteiger partial charge in [-0.25, -0.2) is 0 Å². The smallest absolute Gasteiger partial charge is 0.228 e. The van der Waals surface area contributed by atoms with Crippen LogP contribution in [-0.2, 0) is 24.4 Å². The molecule has 0 radical (unpaired) electrons. The summed E-state index contributed by atoms with van der Waals surface area (Å²) < 4.78 is 7.05. The fourth-order valence-corrected chi connectivity index (χ4v) is 3.45. The van der Waals surface area contributed by atoms with Gasteiger partial charge in [0.25, 0.3) is 0 Å². The van der Waals surface area contributed by atoms with Crippen LogP contribution >= 0.6 is 0 Å². The molecule has 1 aliphatic heterocycles. The van der Waals surface area contributed by atoms with E-state index in [1.165, 1.54) is 0 Å². The van der Waals surface area contributed by atoms with Gasteiger partial charge < -0.3 is 14.5 Å². The van der Waals surface area contributed by atoms with Crippen LogP contribution in [-0.4, -0.2) is 49.2 Å². The van der Waals surface area contributed by atoms with Gasteiger partial charge in [-0.1, -0.05) is 22.5 Å². The van der Waals surface area contributed by atoms with Crippen LogP contribution in [0.3, 0.4) is 0 Å². The van der Waals surface area contributed by atoms with Gasteiger partial charge in [0.15, 0.2) is 5.58 Å². The molecule has 0 aliphatic carbocycles. The predicted octanol–water partition coefficient (Wildman–Crippen LogP) is 1.39. The van der Waals surface area contributed by atoms with E-state index in [1.54, 1.807) is 10.9 Å². The molecule has 0 unspecified atom stereocenters. The van der Waals surface area contributed by atoms with Crippen LogP contribution in [0.5, 0.6) is 0 Å². The first kappa shape index (κ1) is 16.7. The van der Waals surface area contributed by atoms with Gasteiger partial charge in [0, 0.05) is 25.0 Å². The van der Waals surface area contributed by atoms with Crippen molar-refractivity contribution in [3.63, 3.8) is 0 Å². The summed E-state index contributed by atoms with van der Waals surface area (Å²) in [6.07, 6.45) is 3.90.